The number of carbonyl (C=O) groups excluding carboxylic acids is 1. The second-order valence-corrected chi connectivity index (χ2v) is 6.11. The number of fused-ring (bicyclic) bond motifs is 1. The van der Waals surface area contributed by atoms with Gasteiger partial charge in [0.2, 0.25) is 0 Å². The predicted molar refractivity (Wildman–Crippen MR) is 89.7 cm³/mol. The van der Waals surface area contributed by atoms with E-state index in [-0.39, 0.29) is 19.1 Å². The van der Waals surface area contributed by atoms with Crippen molar-refractivity contribution in [3.05, 3.63) is 64.7 Å². The Hall–Kier alpha value is -2.04. The third kappa shape index (κ3) is 3.66. The molecular formula is C18H18ClNO3. The molecule has 1 N–H and O–H groups in total. The first-order valence-electron chi connectivity index (χ1n) is 7.55. The lowest BCUT2D eigenvalue weighted by molar-refractivity contribution is 0.142. The molecule has 3 rings (SSSR count). The van der Waals surface area contributed by atoms with Gasteiger partial charge >= 0.3 is 6.09 Å². The summed E-state index contributed by atoms with van der Waals surface area (Å²) < 4.78 is 5.42. The summed E-state index contributed by atoms with van der Waals surface area (Å²) in [5, 5.41) is 10.1. The first kappa shape index (κ1) is 15.8. The van der Waals surface area contributed by atoms with Crippen molar-refractivity contribution >= 4 is 23.4 Å². The third-order valence-corrected chi connectivity index (χ3v) is 4.20. The average molecular weight is 332 g/mol. The number of aliphatic hydroxyl groups is 1. The van der Waals surface area contributed by atoms with Crippen LogP contribution in [0.3, 0.4) is 0 Å². The van der Waals surface area contributed by atoms with Crippen LogP contribution < -0.4 is 4.90 Å². The fraction of sp³-hybridized carbons (Fsp3) is 0.278. The van der Waals surface area contributed by atoms with Gasteiger partial charge in [0.1, 0.15) is 6.61 Å². The molecule has 0 radical (unpaired) electrons. The van der Waals surface area contributed by atoms with Crippen LogP contribution in [0.15, 0.2) is 48.5 Å². The number of amides is 1. The number of anilines is 1. The summed E-state index contributed by atoms with van der Waals surface area (Å²) in [6.07, 6.45) is 0.296. The highest BCUT2D eigenvalue weighted by molar-refractivity contribution is 6.30. The van der Waals surface area contributed by atoms with Gasteiger partial charge in [0.25, 0.3) is 0 Å². The van der Waals surface area contributed by atoms with Crippen LogP contribution in [0.1, 0.15) is 11.1 Å². The molecule has 2 aromatic rings. The Morgan fingerprint density at radius 3 is 2.78 bits per heavy atom. The fourth-order valence-corrected chi connectivity index (χ4v) is 3.00. The first-order chi connectivity index (χ1) is 11.2. The molecule has 0 aromatic heterocycles. The van der Waals surface area contributed by atoms with Crippen LogP contribution >= 0.6 is 11.6 Å². The molecule has 1 atom stereocenters. The van der Waals surface area contributed by atoms with Gasteiger partial charge in [-0.05, 0) is 35.7 Å². The minimum Gasteiger partial charge on any atom is -0.444 e. The Kier molecular flexibility index (Phi) is 4.84. The number of hydrogen-bond acceptors (Lipinski definition) is 3. The molecule has 1 aliphatic rings. The van der Waals surface area contributed by atoms with Gasteiger partial charge < -0.3 is 9.84 Å². The van der Waals surface area contributed by atoms with Gasteiger partial charge in [0.15, 0.2) is 0 Å². The van der Waals surface area contributed by atoms with E-state index in [1.807, 2.05) is 42.5 Å². The topological polar surface area (TPSA) is 49.8 Å². The molecular weight excluding hydrogens is 314 g/mol. The molecule has 0 spiro atoms. The van der Waals surface area contributed by atoms with E-state index in [4.69, 9.17) is 16.3 Å². The summed E-state index contributed by atoms with van der Waals surface area (Å²) in [5.74, 6) is -0.00904. The quantitative estimate of drug-likeness (QED) is 0.934. The fourth-order valence-electron chi connectivity index (χ4n) is 2.81. The maximum Gasteiger partial charge on any atom is 0.414 e. The van der Waals surface area contributed by atoms with Crippen LogP contribution in [0.4, 0.5) is 10.5 Å². The molecule has 4 nitrogen and oxygen atoms in total. The summed E-state index contributed by atoms with van der Waals surface area (Å²) in [6, 6.07) is 15.0. The van der Waals surface area contributed by atoms with E-state index in [2.05, 4.69) is 0 Å². The van der Waals surface area contributed by atoms with Gasteiger partial charge in [-0.2, -0.15) is 0 Å². The molecule has 120 valence electrons. The third-order valence-electron chi connectivity index (χ3n) is 3.97. The minimum atomic E-state index is -0.407. The number of halogens is 1. The van der Waals surface area contributed by atoms with Gasteiger partial charge in [-0.1, -0.05) is 41.9 Å². The maximum absolute atomic E-state index is 12.5. The zero-order valence-electron chi connectivity index (χ0n) is 12.6. The van der Waals surface area contributed by atoms with Crippen molar-refractivity contribution < 1.29 is 14.6 Å². The van der Waals surface area contributed by atoms with Crippen LogP contribution in [0, 0.1) is 5.92 Å². The molecule has 0 bridgehead atoms. The summed E-state index contributed by atoms with van der Waals surface area (Å²) in [7, 11) is 0. The Bertz CT molecular complexity index is 690. The molecule has 0 unspecified atom stereocenters. The zero-order chi connectivity index (χ0) is 16.2. The minimum absolute atomic E-state index is 0.00904. The zero-order valence-corrected chi connectivity index (χ0v) is 13.4. The van der Waals surface area contributed by atoms with E-state index < -0.39 is 6.09 Å². The van der Waals surface area contributed by atoms with E-state index in [9.17, 15) is 9.90 Å². The van der Waals surface area contributed by atoms with Crippen LogP contribution in [0.5, 0.6) is 0 Å². The van der Waals surface area contributed by atoms with Gasteiger partial charge in [-0.15, -0.1) is 0 Å². The van der Waals surface area contributed by atoms with Crippen LogP contribution in [0.2, 0.25) is 5.02 Å². The molecule has 1 aliphatic heterocycles. The van der Waals surface area contributed by atoms with Gasteiger partial charge in [0.05, 0.1) is 5.69 Å². The smallest absolute Gasteiger partial charge is 0.414 e. The van der Waals surface area contributed by atoms with Crippen LogP contribution in [-0.4, -0.2) is 24.4 Å². The van der Waals surface area contributed by atoms with Gasteiger partial charge in [-0.3, -0.25) is 4.90 Å². The monoisotopic (exact) mass is 331 g/mol. The number of nitrogens with zero attached hydrogens (tertiary/aromatic N) is 1. The molecule has 0 aliphatic carbocycles. The molecule has 1 heterocycles. The summed E-state index contributed by atoms with van der Waals surface area (Å²) in [6.45, 7) is 0.691. The van der Waals surface area contributed by atoms with E-state index in [1.54, 1.807) is 11.0 Å². The number of carbonyl (C=O) groups is 1. The number of hydrogen-bond donors (Lipinski definition) is 1. The SMILES string of the molecule is O=C(OCc1ccccc1)N1C[C@H](CO)Cc2cc(Cl)ccc21. The number of aliphatic hydroxyl groups excluding tert-OH is 1. The molecule has 1 amide bonds. The highest BCUT2D eigenvalue weighted by atomic mass is 35.5. The lowest BCUT2D eigenvalue weighted by atomic mass is 9.93. The standard InChI is InChI=1S/C18H18ClNO3/c19-16-6-7-17-15(9-16)8-14(11-21)10-20(17)18(22)23-12-13-4-2-1-3-5-13/h1-7,9,14,21H,8,10-12H2/t14-/m1/s1. The van der Waals surface area contributed by atoms with E-state index in [0.717, 1.165) is 16.8 Å². The van der Waals surface area contributed by atoms with Crippen molar-refractivity contribution in [1.82, 2.24) is 0 Å². The second-order valence-electron chi connectivity index (χ2n) is 5.68. The van der Waals surface area contributed by atoms with Crippen molar-refractivity contribution in [3.63, 3.8) is 0 Å². The number of rotatable bonds is 3. The van der Waals surface area contributed by atoms with Crippen LogP contribution in [-0.2, 0) is 17.8 Å². The van der Waals surface area contributed by atoms with Crippen molar-refractivity contribution in [3.8, 4) is 0 Å². The Balaban J connectivity index is 1.77. The predicted octanol–water partition coefficient (Wildman–Crippen LogP) is 3.65. The molecule has 0 fully saturated rings. The molecule has 0 saturated heterocycles. The Labute approximate surface area is 140 Å². The van der Waals surface area contributed by atoms with Gasteiger partial charge in [0, 0.05) is 24.1 Å². The van der Waals surface area contributed by atoms with E-state index >= 15 is 0 Å². The Morgan fingerprint density at radius 1 is 1.26 bits per heavy atom. The van der Waals surface area contributed by atoms with Crippen molar-refractivity contribution in [2.75, 3.05) is 18.1 Å². The second kappa shape index (κ2) is 7.02. The van der Waals surface area contributed by atoms with Crippen molar-refractivity contribution in [2.24, 2.45) is 5.92 Å². The molecule has 5 heteroatoms. The largest absolute Gasteiger partial charge is 0.444 e. The van der Waals surface area contributed by atoms with Gasteiger partial charge in [-0.25, -0.2) is 4.79 Å². The Morgan fingerprint density at radius 2 is 2.04 bits per heavy atom. The van der Waals surface area contributed by atoms with Crippen molar-refractivity contribution in [1.29, 1.82) is 0 Å². The molecule has 0 saturated carbocycles. The highest BCUT2D eigenvalue weighted by Gasteiger charge is 2.29. The number of ether oxygens (including phenoxy) is 1. The highest BCUT2D eigenvalue weighted by Crippen LogP contribution is 2.32. The lowest BCUT2D eigenvalue weighted by Crippen LogP contribution is -2.41. The van der Waals surface area contributed by atoms with E-state index in [1.165, 1.54) is 0 Å². The summed E-state index contributed by atoms with van der Waals surface area (Å²) >= 11 is 6.04. The molecule has 23 heavy (non-hydrogen) atoms. The normalized spacial score (nSPS) is 16.8. The van der Waals surface area contributed by atoms with E-state index in [0.29, 0.717) is 18.0 Å². The number of benzene rings is 2. The molecule has 2 aromatic carbocycles. The summed E-state index contributed by atoms with van der Waals surface area (Å²) in [5.41, 5.74) is 2.70. The maximum atomic E-state index is 12.5. The lowest BCUT2D eigenvalue weighted by Gasteiger charge is -2.33. The summed E-state index contributed by atoms with van der Waals surface area (Å²) in [4.78, 5) is 14.1. The van der Waals surface area contributed by atoms with Crippen LogP contribution in [0.25, 0.3) is 0 Å². The average Bonchev–Trinajstić information content (AvgIpc) is 2.59. The van der Waals surface area contributed by atoms with Crippen molar-refractivity contribution in [2.45, 2.75) is 13.0 Å². The first-order valence-corrected chi connectivity index (χ1v) is 7.92.